The molecule has 100 valence electrons. The Morgan fingerprint density at radius 3 is 2.83 bits per heavy atom. The molecule has 3 nitrogen and oxygen atoms in total. The Morgan fingerprint density at radius 1 is 1.50 bits per heavy atom. The van der Waals surface area contributed by atoms with Crippen LogP contribution in [0, 0.1) is 5.92 Å². The van der Waals surface area contributed by atoms with E-state index >= 15 is 0 Å². The predicted molar refractivity (Wildman–Crippen MR) is 74.2 cm³/mol. The van der Waals surface area contributed by atoms with E-state index in [-0.39, 0.29) is 11.7 Å². The summed E-state index contributed by atoms with van der Waals surface area (Å²) < 4.78 is 5.23. The van der Waals surface area contributed by atoms with Crippen LogP contribution in [-0.2, 0) is 11.2 Å². The van der Waals surface area contributed by atoms with Crippen molar-refractivity contribution < 1.29 is 9.53 Å². The fraction of sp³-hybridized carbons (Fsp3) is 0.500. The molecule has 0 heterocycles. The zero-order valence-corrected chi connectivity index (χ0v) is 11.7. The number of ketones is 1. The van der Waals surface area contributed by atoms with Crippen molar-refractivity contribution in [3.8, 4) is 5.75 Å². The zero-order valence-electron chi connectivity index (χ0n) is 10.9. The minimum absolute atomic E-state index is 0.0252. The molecule has 1 atom stereocenters. The normalized spacial score (nSPS) is 12.2. The molecule has 1 aromatic carbocycles. The molecule has 2 N–H and O–H groups in total. The summed E-state index contributed by atoms with van der Waals surface area (Å²) in [7, 11) is 1.59. The van der Waals surface area contributed by atoms with Crippen LogP contribution < -0.4 is 10.5 Å². The first-order valence-electron chi connectivity index (χ1n) is 6.13. The SMILES string of the molecule is COc1ccc(Cl)cc1CC(=O)C(C)CCCN. The highest BCUT2D eigenvalue weighted by molar-refractivity contribution is 6.30. The van der Waals surface area contributed by atoms with Gasteiger partial charge in [0.25, 0.3) is 0 Å². The van der Waals surface area contributed by atoms with Gasteiger partial charge in [0.1, 0.15) is 11.5 Å². The minimum Gasteiger partial charge on any atom is -0.496 e. The standard InChI is InChI=1S/C14H20ClNO2/c1-10(4-3-7-16)13(17)9-11-8-12(15)5-6-14(11)18-2/h5-6,8,10H,3-4,7,9,16H2,1-2H3. The molecule has 0 amide bonds. The fourth-order valence-electron chi connectivity index (χ4n) is 1.83. The largest absolute Gasteiger partial charge is 0.496 e. The molecule has 0 aliphatic rings. The van der Waals surface area contributed by atoms with Gasteiger partial charge in [-0.15, -0.1) is 0 Å². The fourth-order valence-corrected chi connectivity index (χ4v) is 2.03. The second-order valence-corrected chi connectivity index (χ2v) is 4.87. The van der Waals surface area contributed by atoms with E-state index in [1.807, 2.05) is 6.92 Å². The average Bonchev–Trinajstić information content (AvgIpc) is 2.36. The van der Waals surface area contributed by atoms with E-state index in [1.165, 1.54) is 0 Å². The molecule has 1 unspecified atom stereocenters. The van der Waals surface area contributed by atoms with Crippen molar-refractivity contribution in [1.29, 1.82) is 0 Å². The van der Waals surface area contributed by atoms with Crippen LogP contribution in [0.3, 0.4) is 0 Å². The van der Waals surface area contributed by atoms with E-state index in [9.17, 15) is 4.79 Å². The van der Waals surface area contributed by atoms with Gasteiger partial charge >= 0.3 is 0 Å². The molecule has 0 radical (unpaired) electrons. The summed E-state index contributed by atoms with van der Waals surface area (Å²) in [4.78, 5) is 12.1. The summed E-state index contributed by atoms with van der Waals surface area (Å²) in [6.45, 7) is 2.56. The Hall–Kier alpha value is -1.06. The molecule has 1 rings (SSSR count). The van der Waals surface area contributed by atoms with Gasteiger partial charge in [0.15, 0.2) is 0 Å². The lowest BCUT2D eigenvalue weighted by Gasteiger charge is -2.12. The van der Waals surface area contributed by atoms with Crippen LogP contribution >= 0.6 is 11.6 Å². The van der Waals surface area contributed by atoms with Gasteiger partial charge in [0.05, 0.1) is 7.11 Å². The highest BCUT2D eigenvalue weighted by Gasteiger charge is 2.15. The van der Waals surface area contributed by atoms with Crippen LogP contribution in [0.25, 0.3) is 0 Å². The van der Waals surface area contributed by atoms with Crippen LogP contribution in [0.15, 0.2) is 18.2 Å². The van der Waals surface area contributed by atoms with Crippen LogP contribution in [0.1, 0.15) is 25.3 Å². The lowest BCUT2D eigenvalue weighted by molar-refractivity contribution is -0.121. The van der Waals surface area contributed by atoms with Gasteiger partial charge in [-0.2, -0.15) is 0 Å². The number of benzene rings is 1. The Bertz CT molecular complexity index is 407. The number of hydrogen-bond acceptors (Lipinski definition) is 3. The number of nitrogens with two attached hydrogens (primary N) is 1. The van der Waals surface area contributed by atoms with Gasteiger partial charge in [-0.25, -0.2) is 0 Å². The van der Waals surface area contributed by atoms with Crippen LogP contribution in [-0.4, -0.2) is 19.4 Å². The number of carbonyl (C=O) groups is 1. The van der Waals surface area contributed by atoms with Gasteiger partial charge in [-0.3, -0.25) is 4.79 Å². The number of hydrogen-bond donors (Lipinski definition) is 1. The molecule has 0 spiro atoms. The summed E-state index contributed by atoms with van der Waals surface area (Å²) in [6, 6.07) is 5.33. The molecular weight excluding hydrogens is 250 g/mol. The van der Waals surface area contributed by atoms with E-state index in [4.69, 9.17) is 22.1 Å². The van der Waals surface area contributed by atoms with Gasteiger partial charge < -0.3 is 10.5 Å². The summed E-state index contributed by atoms with van der Waals surface area (Å²) in [5, 5.41) is 0.619. The van der Waals surface area contributed by atoms with Crippen molar-refractivity contribution in [2.45, 2.75) is 26.2 Å². The Labute approximate surface area is 113 Å². The molecule has 18 heavy (non-hydrogen) atoms. The minimum atomic E-state index is 0.0252. The smallest absolute Gasteiger partial charge is 0.140 e. The number of ether oxygens (including phenoxy) is 1. The Kier molecular flexibility index (Phi) is 6.16. The van der Waals surface area contributed by atoms with Crippen LogP contribution in [0.5, 0.6) is 5.75 Å². The molecule has 0 bridgehead atoms. The molecule has 0 fully saturated rings. The van der Waals surface area contributed by atoms with Gasteiger partial charge in [0, 0.05) is 22.9 Å². The third-order valence-electron chi connectivity index (χ3n) is 3.00. The summed E-state index contributed by atoms with van der Waals surface area (Å²) in [5.74, 6) is 0.931. The van der Waals surface area contributed by atoms with E-state index in [1.54, 1.807) is 25.3 Å². The van der Waals surface area contributed by atoms with E-state index in [0.717, 1.165) is 18.4 Å². The third kappa shape index (κ3) is 4.31. The van der Waals surface area contributed by atoms with Crippen molar-refractivity contribution in [1.82, 2.24) is 0 Å². The molecule has 0 aliphatic carbocycles. The van der Waals surface area contributed by atoms with Crippen molar-refractivity contribution in [2.75, 3.05) is 13.7 Å². The molecule has 0 aromatic heterocycles. The van der Waals surface area contributed by atoms with Gasteiger partial charge in [-0.1, -0.05) is 18.5 Å². The topological polar surface area (TPSA) is 52.3 Å². The Morgan fingerprint density at radius 2 is 2.22 bits per heavy atom. The molecule has 4 heteroatoms. The number of methoxy groups -OCH3 is 1. The van der Waals surface area contributed by atoms with Crippen molar-refractivity contribution in [2.24, 2.45) is 11.7 Å². The first kappa shape index (κ1) is 15.0. The molecular formula is C14H20ClNO2. The molecule has 0 saturated carbocycles. The Balaban J connectivity index is 2.71. The highest BCUT2D eigenvalue weighted by atomic mass is 35.5. The maximum absolute atomic E-state index is 12.1. The van der Waals surface area contributed by atoms with Gasteiger partial charge in [-0.05, 0) is 37.6 Å². The summed E-state index contributed by atoms with van der Waals surface area (Å²) >= 11 is 5.94. The summed E-state index contributed by atoms with van der Waals surface area (Å²) in [6.07, 6.45) is 2.06. The number of rotatable bonds is 7. The second-order valence-electron chi connectivity index (χ2n) is 4.43. The quantitative estimate of drug-likeness (QED) is 0.828. The van der Waals surface area contributed by atoms with Crippen LogP contribution in [0.2, 0.25) is 5.02 Å². The lowest BCUT2D eigenvalue weighted by atomic mass is 9.95. The van der Waals surface area contributed by atoms with Gasteiger partial charge in [0.2, 0.25) is 0 Å². The van der Waals surface area contributed by atoms with E-state index in [2.05, 4.69) is 0 Å². The number of carbonyl (C=O) groups excluding carboxylic acids is 1. The van der Waals surface area contributed by atoms with Crippen molar-refractivity contribution >= 4 is 17.4 Å². The van der Waals surface area contributed by atoms with E-state index < -0.39 is 0 Å². The lowest BCUT2D eigenvalue weighted by Crippen LogP contribution is -2.15. The number of halogens is 1. The number of Topliss-reactive ketones (excluding diaryl/α,β-unsaturated/α-hetero) is 1. The average molecular weight is 270 g/mol. The summed E-state index contributed by atoms with van der Waals surface area (Å²) in [5.41, 5.74) is 6.29. The zero-order chi connectivity index (χ0) is 13.5. The first-order valence-corrected chi connectivity index (χ1v) is 6.51. The molecule has 0 aliphatic heterocycles. The maximum atomic E-state index is 12.1. The predicted octanol–water partition coefficient (Wildman–Crippen LogP) is 2.84. The van der Waals surface area contributed by atoms with Crippen molar-refractivity contribution in [3.63, 3.8) is 0 Å². The molecule has 1 aromatic rings. The monoisotopic (exact) mass is 269 g/mol. The highest BCUT2D eigenvalue weighted by Crippen LogP contribution is 2.24. The third-order valence-corrected chi connectivity index (χ3v) is 3.23. The maximum Gasteiger partial charge on any atom is 0.140 e. The van der Waals surface area contributed by atoms with Crippen molar-refractivity contribution in [3.05, 3.63) is 28.8 Å². The van der Waals surface area contributed by atoms with Crippen LogP contribution in [0.4, 0.5) is 0 Å². The second kappa shape index (κ2) is 7.39. The van der Waals surface area contributed by atoms with E-state index in [0.29, 0.717) is 23.7 Å². The first-order chi connectivity index (χ1) is 8.58. The molecule has 0 saturated heterocycles.